The summed E-state index contributed by atoms with van der Waals surface area (Å²) in [5, 5.41) is 6.30. The third-order valence-corrected chi connectivity index (χ3v) is 4.54. The van der Waals surface area contributed by atoms with Gasteiger partial charge in [0.15, 0.2) is 5.82 Å². The first-order valence-corrected chi connectivity index (χ1v) is 8.93. The van der Waals surface area contributed by atoms with Crippen LogP contribution in [0.4, 0.5) is 4.79 Å². The Balaban J connectivity index is 1.55. The third-order valence-electron chi connectivity index (χ3n) is 4.54. The van der Waals surface area contributed by atoms with E-state index < -0.39 is 5.91 Å². The molecular weight excluding hydrogens is 348 g/mol. The number of benzene rings is 1. The van der Waals surface area contributed by atoms with E-state index in [1.807, 2.05) is 18.2 Å². The number of rotatable bonds is 7. The second kappa shape index (κ2) is 8.63. The van der Waals surface area contributed by atoms with Gasteiger partial charge in [-0.15, -0.1) is 0 Å². The summed E-state index contributed by atoms with van der Waals surface area (Å²) < 4.78 is 4.69. The van der Waals surface area contributed by atoms with E-state index >= 15 is 0 Å². The van der Waals surface area contributed by atoms with Crippen molar-refractivity contribution in [1.82, 2.24) is 25.3 Å². The van der Waals surface area contributed by atoms with Crippen LogP contribution in [0.1, 0.15) is 40.5 Å². The number of nitrogens with two attached hydrogens (primary N) is 1. The highest BCUT2D eigenvalue weighted by Crippen LogP contribution is 2.17. The number of urea groups is 1. The van der Waals surface area contributed by atoms with Gasteiger partial charge in [0, 0.05) is 20.1 Å². The maximum Gasteiger partial charge on any atom is 0.317 e. The second-order valence-corrected chi connectivity index (χ2v) is 6.65. The molecule has 1 aliphatic heterocycles. The van der Waals surface area contributed by atoms with Crippen molar-refractivity contribution in [2.24, 2.45) is 5.73 Å². The fourth-order valence-corrected chi connectivity index (χ4v) is 3.09. The summed E-state index contributed by atoms with van der Waals surface area (Å²) in [7, 11) is 1.73. The Morgan fingerprint density at radius 1 is 1.26 bits per heavy atom. The number of carbonyl (C=O) groups excluding carboxylic acids is 2. The standard InChI is InChI=1S/C18H24N6O3/c1-23(18(26)20-10-15-21-17(16(19)25)27-22-15)11-13-6-2-3-7-14(13)12-24-8-4-5-9-24/h2-3,6-7H,4-5,8-12H2,1H3,(H2,19,25)(H,20,26). The van der Waals surface area contributed by atoms with Gasteiger partial charge in [-0.1, -0.05) is 29.4 Å². The van der Waals surface area contributed by atoms with Gasteiger partial charge in [0.05, 0.1) is 6.54 Å². The minimum atomic E-state index is -0.799. The zero-order valence-electron chi connectivity index (χ0n) is 15.4. The highest BCUT2D eigenvalue weighted by molar-refractivity contribution is 5.87. The molecule has 1 aromatic carbocycles. The Morgan fingerprint density at radius 3 is 2.63 bits per heavy atom. The zero-order valence-corrected chi connectivity index (χ0v) is 15.4. The number of primary amides is 1. The lowest BCUT2D eigenvalue weighted by molar-refractivity contribution is 0.0958. The fourth-order valence-electron chi connectivity index (χ4n) is 3.09. The van der Waals surface area contributed by atoms with E-state index in [2.05, 4.69) is 30.9 Å². The largest absolute Gasteiger partial charge is 0.361 e. The number of hydrogen-bond donors (Lipinski definition) is 2. The first-order valence-electron chi connectivity index (χ1n) is 8.93. The highest BCUT2D eigenvalue weighted by atomic mass is 16.5. The Bertz CT molecular complexity index is 800. The molecule has 9 nitrogen and oxygen atoms in total. The van der Waals surface area contributed by atoms with E-state index in [0.29, 0.717) is 6.54 Å². The normalized spacial score (nSPS) is 14.3. The van der Waals surface area contributed by atoms with Crippen molar-refractivity contribution in [2.75, 3.05) is 20.1 Å². The van der Waals surface area contributed by atoms with Crippen molar-refractivity contribution in [3.63, 3.8) is 0 Å². The fraction of sp³-hybridized carbons (Fsp3) is 0.444. The molecule has 1 aromatic heterocycles. The molecule has 27 heavy (non-hydrogen) atoms. The molecule has 1 fully saturated rings. The lowest BCUT2D eigenvalue weighted by Crippen LogP contribution is -2.37. The topological polar surface area (TPSA) is 118 Å². The summed E-state index contributed by atoms with van der Waals surface area (Å²) in [6, 6.07) is 7.91. The van der Waals surface area contributed by atoms with E-state index in [1.165, 1.54) is 18.4 Å². The van der Waals surface area contributed by atoms with Crippen molar-refractivity contribution >= 4 is 11.9 Å². The number of likely N-dealkylation sites (tertiary alicyclic amines) is 1. The van der Waals surface area contributed by atoms with Gasteiger partial charge in [-0.05, 0) is 37.1 Å². The molecule has 2 heterocycles. The van der Waals surface area contributed by atoms with Gasteiger partial charge in [-0.25, -0.2) is 4.79 Å². The van der Waals surface area contributed by atoms with Crippen LogP contribution in [0.15, 0.2) is 28.8 Å². The summed E-state index contributed by atoms with van der Waals surface area (Å²) >= 11 is 0. The molecule has 0 atom stereocenters. The number of carbonyl (C=O) groups is 2. The molecule has 0 bridgehead atoms. The Morgan fingerprint density at radius 2 is 1.96 bits per heavy atom. The van der Waals surface area contributed by atoms with Gasteiger partial charge in [0.1, 0.15) is 0 Å². The maximum atomic E-state index is 12.3. The van der Waals surface area contributed by atoms with Gasteiger partial charge >= 0.3 is 17.8 Å². The number of nitrogens with zero attached hydrogens (tertiary/aromatic N) is 4. The third kappa shape index (κ3) is 5.04. The maximum absolute atomic E-state index is 12.3. The molecular formula is C18H24N6O3. The van der Waals surface area contributed by atoms with Crippen LogP contribution < -0.4 is 11.1 Å². The van der Waals surface area contributed by atoms with Gasteiger partial charge in [0.2, 0.25) is 0 Å². The molecule has 0 aliphatic carbocycles. The summed E-state index contributed by atoms with van der Waals surface area (Å²) in [5.41, 5.74) is 7.42. The van der Waals surface area contributed by atoms with E-state index in [9.17, 15) is 9.59 Å². The zero-order chi connectivity index (χ0) is 19.2. The average molecular weight is 372 g/mol. The van der Waals surface area contributed by atoms with Crippen LogP contribution in [0.5, 0.6) is 0 Å². The van der Waals surface area contributed by atoms with E-state index in [0.717, 1.165) is 25.2 Å². The van der Waals surface area contributed by atoms with Crippen LogP contribution >= 0.6 is 0 Å². The summed E-state index contributed by atoms with van der Waals surface area (Å²) in [5.74, 6) is -0.879. The molecule has 3 amide bonds. The van der Waals surface area contributed by atoms with E-state index in [4.69, 9.17) is 5.73 Å². The van der Waals surface area contributed by atoms with Crippen molar-refractivity contribution in [3.05, 3.63) is 47.1 Å². The molecule has 2 aromatic rings. The molecule has 1 saturated heterocycles. The quantitative estimate of drug-likeness (QED) is 0.752. The van der Waals surface area contributed by atoms with Crippen molar-refractivity contribution in [2.45, 2.75) is 32.5 Å². The number of aromatic nitrogens is 2. The molecule has 0 unspecified atom stereocenters. The monoisotopic (exact) mass is 372 g/mol. The number of nitrogens with one attached hydrogen (secondary N) is 1. The van der Waals surface area contributed by atoms with Crippen LogP contribution in [0.2, 0.25) is 0 Å². The van der Waals surface area contributed by atoms with Crippen molar-refractivity contribution in [1.29, 1.82) is 0 Å². The lowest BCUT2D eigenvalue weighted by atomic mass is 10.1. The Hall–Kier alpha value is -2.94. The van der Waals surface area contributed by atoms with Gasteiger partial charge in [0.25, 0.3) is 0 Å². The second-order valence-electron chi connectivity index (χ2n) is 6.65. The molecule has 3 N–H and O–H groups in total. The predicted octanol–water partition coefficient (Wildman–Crippen LogP) is 1.11. The average Bonchev–Trinajstić information content (AvgIpc) is 3.33. The van der Waals surface area contributed by atoms with Crippen LogP contribution in [0.3, 0.4) is 0 Å². The molecule has 3 rings (SSSR count). The number of hydrogen-bond acceptors (Lipinski definition) is 6. The predicted molar refractivity (Wildman–Crippen MR) is 97.5 cm³/mol. The molecule has 1 aliphatic rings. The highest BCUT2D eigenvalue weighted by Gasteiger charge is 2.17. The Labute approximate surface area is 157 Å². The van der Waals surface area contributed by atoms with Gasteiger partial charge < -0.3 is 20.5 Å². The van der Waals surface area contributed by atoms with Crippen LogP contribution in [0.25, 0.3) is 0 Å². The Kier molecular flexibility index (Phi) is 6.02. The van der Waals surface area contributed by atoms with Crippen molar-refractivity contribution < 1.29 is 14.1 Å². The van der Waals surface area contributed by atoms with Gasteiger partial charge in [-0.3, -0.25) is 9.69 Å². The minimum absolute atomic E-state index is 0.0510. The van der Waals surface area contributed by atoms with E-state index in [-0.39, 0.29) is 24.3 Å². The van der Waals surface area contributed by atoms with Crippen LogP contribution in [-0.2, 0) is 19.6 Å². The molecule has 0 radical (unpaired) electrons. The van der Waals surface area contributed by atoms with E-state index in [1.54, 1.807) is 11.9 Å². The summed E-state index contributed by atoms with van der Waals surface area (Å²) in [6.45, 7) is 3.71. The lowest BCUT2D eigenvalue weighted by Gasteiger charge is -2.21. The summed E-state index contributed by atoms with van der Waals surface area (Å²) in [6.07, 6.45) is 2.50. The van der Waals surface area contributed by atoms with Gasteiger partial charge in [-0.2, -0.15) is 4.98 Å². The molecule has 144 valence electrons. The molecule has 0 spiro atoms. The number of amides is 3. The molecule has 0 saturated carbocycles. The van der Waals surface area contributed by atoms with Crippen LogP contribution in [-0.4, -0.2) is 52.0 Å². The van der Waals surface area contributed by atoms with Crippen molar-refractivity contribution in [3.8, 4) is 0 Å². The smallest absolute Gasteiger partial charge is 0.317 e. The minimum Gasteiger partial charge on any atom is -0.361 e. The first-order chi connectivity index (χ1) is 13.0. The summed E-state index contributed by atoms with van der Waals surface area (Å²) in [4.78, 5) is 31.1. The first kappa shape index (κ1) is 18.8. The van der Waals surface area contributed by atoms with Crippen LogP contribution in [0, 0.1) is 0 Å². The molecule has 9 heteroatoms. The SMILES string of the molecule is CN(Cc1ccccc1CN1CCCC1)C(=O)NCc1noc(C(N)=O)n1.